The first-order valence-electron chi connectivity index (χ1n) is 28.5. The largest absolute Gasteiger partial charge is 0.462 e. The van der Waals surface area contributed by atoms with Crippen molar-refractivity contribution in [3.8, 4) is 0 Å². The lowest BCUT2D eigenvalue weighted by Crippen LogP contribution is -2.30. The summed E-state index contributed by atoms with van der Waals surface area (Å²) in [6.07, 6.45) is 64.1. The molecule has 0 aromatic carbocycles. The van der Waals surface area contributed by atoms with Crippen LogP contribution in [0, 0.1) is 0 Å². The highest BCUT2D eigenvalue weighted by Gasteiger charge is 2.19. The van der Waals surface area contributed by atoms with Gasteiger partial charge in [0.1, 0.15) is 13.2 Å². The van der Waals surface area contributed by atoms with Crippen molar-refractivity contribution in [1.82, 2.24) is 0 Å². The summed E-state index contributed by atoms with van der Waals surface area (Å²) in [6, 6.07) is 0. The van der Waals surface area contributed by atoms with Crippen LogP contribution in [0.1, 0.15) is 303 Å². The molecule has 0 fully saturated rings. The fourth-order valence-electron chi connectivity index (χ4n) is 8.28. The average Bonchev–Trinajstić information content (AvgIpc) is 3.30. The normalized spacial score (nSPS) is 12.2. The number of rotatable bonds is 52. The van der Waals surface area contributed by atoms with E-state index in [2.05, 4.69) is 57.2 Å². The minimum atomic E-state index is -0.777. The van der Waals surface area contributed by atoms with Crippen LogP contribution < -0.4 is 0 Å². The SMILES string of the molecule is CCCC/C=C\C/C=C\CCCCCCCC(=O)OC(COC(=O)CCCCCCCCCCC/C=C\CCCCCCCC)COC(=O)CCCCCCCCCCCCCCCC. The Kier molecular flexibility index (Phi) is 52.3. The van der Waals surface area contributed by atoms with E-state index >= 15 is 0 Å². The number of allylic oxidation sites excluding steroid dienone is 6. The van der Waals surface area contributed by atoms with E-state index in [-0.39, 0.29) is 31.1 Å². The van der Waals surface area contributed by atoms with E-state index in [9.17, 15) is 14.4 Å². The summed E-state index contributed by atoms with van der Waals surface area (Å²) >= 11 is 0. The van der Waals surface area contributed by atoms with Gasteiger partial charge in [-0.15, -0.1) is 0 Å². The molecular weight excluding hydrogens is 805 g/mol. The smallest absolute Gasteiger partial charge is 0.306 e. The molecule has 0 amide bonds. The highest BCUT2D eigenvalue weighted by molar-refractivity contribution is 5.71. The highest BCUT2D eigenvalue weighted by atomic mass is 16.6. The van der Waals surface area contributed by atoms with Crippen molar-refractivity contribution in [2.75, 3.05) is 13.2 Å². The molecule has 380 valence electrons. The molecule has 1 unspecified atom stereocenters. The molecule has 0 aromatic rings. The molecule has 1 atom stereocenters. The van der Waals surface area contributed by atoms with Gasteiger partial charge < -0.3 is 14.2 Å². The Morgan fingerprint density at radius 1 is 0.308 bits per heavy atom. The molecule has 0 aliphatic heterocycles. The number of hydrogen-bond donors (Lipinski definition) is 0. The van der Waals surface area contributed by atoms with Crippen LogP contribution in [0.4, 0.5) is 0 Å². The summed E-state index contributed by atoms with van der Waals surface area (Å²) in [4.78, 5) is 38.1. The maximum Gasteiger partial charge on any atom is 0.306 e. The van der Waals surface area contributed by atoms with Gasteiger partial charge in [-0.3, -0.25) is 14.4 Å². The first kappa shape index (κ1) is 62.6. The van der Waals surface area contributed by atoms with E-state index in [1.54, 1.807) is 0 Å². The molecule has 6 heteroatoms. The van der Waals surface area contributed by atoms with E-state index in [1.807, 2.05) is 0 Å². The monoisotopic (exact) mass is 913 g/mol. The Morgan fingerprint density at radius 3 is 0.908 bits per heavy atom. The van der Waals surface area contributed by atoms with Crippen molar-refractivity contribution in [1.29, 1.82) is 0 Å². The molecule has 0 heterocycles. The first-order valence-corrected chi connectivity index (χ1v) is 28.5. The molecule has 0 aliphatic rings. The van der Waals surface area contributed by atoms with E-state index in [0.717, 1.165) is 83.5 Å². The molecule has 0 aliphatic carbocycles. The van der Waals surface area contributed by atoms with E-state index in [0.29, 0.717) is 19.3 Å². The molecule has 0 N–H and O–H groups in total. The molecule has 65 heavy (non-hydrogen) atoms. The maximum atomic E-state index is 12.8. The molecule has 0 aromatic heterocycles. The van der Waals surface area contributed by atoms with Gasteiger partial charge in [-0.05, 0) is 70.6 Å². The van der Waals surface area contributed by atoms with Gasteiger partial charge in [-0.2, -0.15) is 0 Å². The third-order valence-electron chi connectivity index (χ3n) is 12.6. The van der Waals surface area contributed by atoms with Gasteiger partial charge in [0.2, 0.25) is 0 Å². The Hall–Kier alpha value is -2.37. The molecule has 0 bridgehead atoms. The maximum absolute atomic E-state index is 12.8. The number of hydrogen-bond acceptors (Lipinski definition) is 6. The van der Waals surface area contributed by atoms with Gasteiger partial charge in [0.05, 0.1) is 0 Å². The van der Waals surface area contributed by atoms with E-state index in [1.165, 1.54) is 180 Å². The van der Waals surface area contributed by atoms with Gasteiger partial charge >= 0.3 is 17.9 Å². The second-order valence-corrected chi connectivity index (χ2v) is 19.2. The van der Waals surface area contributed by atoms with Crippen LogP contribution in [-0.4, -0.2) is 37.2 Å². The van der Waals surface area contributed by atoms with Crippen molar-refractivity contribution in [3.63, 3.8) is 0 Å². The third-order valence-corrected chi connectivity index (χ3v) is 12.6. The van der Waals surface area contributed by atoms with Crippen LogP contribution in [0.3, 0.4) is 0 Å². The van der Waals surface area contributed by atoms with Crippen LogP contribution in [-0.2, 0) is 28.6 Å². The molecule has 0 spiro atoms. The van der Waals surface area contributed by atoms with Gasteiger partial charge in [0, 0.05) is 19.3 Å². The predicted octanol–water partition coefficient (Wildman–Crippen LogP) is 18.9. The summed E-state index contributed by atoms with van der Waals surface area (Å²) in [7, 11) is 0. The number of ether oxygens (including phenoxy) is 3. The average molecular weight is 914 g/mol. The lowest BCUT2D eigenvalue weighted by Gasteiger charge is -2.18. The van der Waals surface area contributed by atoms with Crippen molar-refractivity contribution in [2.24, 2.45) is 0 Å². The molecule has 0 saturated heterocycles. The molecule has 0 saturated carbocycles. The second-order valence-electron chi connectivity index (χ2n) is 19.2. The quantitative estimate of drug-likeness (QED) is 0.0262. The summed E-state index contributed by atoms with van der Waals surface area (Å²) in [5.41, 5.74) is 0. The van der Waals surface area contributed by atoms with E-state index in [4.69, 9.17) is 14.2 Å². The zero-order chi connectivity index (χ0) is 47.2. The Labute approximate surface area is 404 Å². The minimum Gasteiger partial charge on any atom is -0.462 e. The van der Waals surface area contributed by atoms with Crippen molar-refractivity contribution < 1.29 is 28.6 Å². The lowest BCUT2D eigenvalue weighted by atomic mass is 10.0. The van der Waals surface area contributed by atoms with Crippen LogP contribution in [0.5, 0.6) is 0 Å². The van der Waals surface area contributed by atoms with Crippen LogP contribution in [0.2, 0.25) is 0 Å². The summed E-state index contributed by atoms with van der Waals surface area (Å²) in [5.74, 6) is -0.875. The molecule has 0 radical (unpaired) electrons. The first-order chi connectivity index (χ1) is 32.0. The fourth-order valence-corrected chi connectivity index (χ4v) is 8.28. The lowest BCUT2D eigenvalue weighted by molar-refractivity contribution is -0.167. The third kappa shape index (κ3) is 52.5. The van der Waals surface area contributed by atoms with Crippen LogP contribution >= 0.6 is 0 Å². The van der Waals surface area contributed by atoms with E-state index < -0.39 is 6.10 Å². The number of carbonyl (C=O) groups is 3. The number of carbonyl (C=O) groups excluding carboxylic acids is 3. The predicted molar refractivity (Wildman–Crippen MR) is 279 cm³/mol. The Bertz CT molecular complexity index is 1090. The van der Waals surface area contributed by atoms with Crippen molar-refractivity contribution >= 4 is 17.9 Å². The topological polar surface area (TPSA) is 78.9 Å². The zero-order valence-corrected chi connectivity index (χ0v) is 43.5. The Balaban J connectivity index is 4.33. The van der Waals surface area contributed by atoms with Gasteiger partial charge in [0.25, 0.3) is 0 Å². The highest BCUT2D eigenvalue weighted by Crippen LogP contribution is 2.16. The number of esters is 3. The van der Waals surface area contributed by atoms with Crippen LogP contribution in [0.25, 0.3) is 0 Å². The van der Waals surface area contributed by atoms with Gasteiger partial charge in [-0.25, -0.2) is 0 Å². The fraction of sp³-hybridized carbons (Fsp3) is 0.847. The minimum absolute atomic E-state index is 0.0749. The van der Waals surface area contributed by atoms with Crippen molar-refractivity contribution in [2.45, 2.75) is 309 Å². The van der Waals surface area contributed by atoms with Gasteiger partial charge in [-0.1, -0.05) is 250 Å². The zero-order valence-electron chi connectivity index (χ0n) is 43.5. The summed E-state index contributed by atoms with van der Waals surface area (Å²) < 4.78 is 16.9. The second kappa shape index (κ2) is 54.2. The standard InChI is InChI=1S/C59H108O6/c1-4-7-10-13-16-19-22-25-28-29-30-31-32-35-37-40-43-46-49-52-58(61)64-55-56(65-59(62)53-50-47-44-41-38-34-27-24-21-18-15-12-9-6-3)54-63-57(60)51-48-45-42-39-36-33-26-23-20-17-14-11-8-5-2/h15,18,24-25,27-28,56H,4-14,16-17,19-23,26,29-55H2,1-3H3/b18-15-,27-24-,28-25-. The van der Waals surface area contributed by atoms with Crippen LogP contribution in [0.15, 0.2) is 36.5 Å². The van der Waals surface area contributed by atoms with Gasteiger partial charge in [0.15, 0.2) is 6.10 Å². The van der Waals surface area contributed by atoms with Crippen molar-refractivity contribution in [3.05, 3.63) is 36.5 Å². The summed E-state index contributed by atoms with van der Waals surface area (Å²) in [6.45, 7) is 6.62. The number of unbranched alkanes of at least 4 members (excludes halogenated alkanes) is 35. The Morgan fingerprint density at radius 2 is 0.569 bits per heavy atom. The molecular formula is C59H108O6. The molecule has 0 rings (SSSR count). The summed E-state index contributed by atoms with van der Waals surface area (Å²) in [5, 5.41) is 0. The molecule has 6 nitrogen and oxygen atoms in total.